The predicted molar refractivity (Wildman–Crippen MR) is 91.9 cm³/mol. The van der Waals surface area contributed by atoms with Crippen molar-refractivity contribution < 1.29 is 9.47 Å². The monoisotopic (exact) mass is 309 g/mol. The molecule has 0 radical (unpaired) electrons. The number of rotatable bonds is 11. The fourth-order valence-corrected chi connectivity index (χ4v) is 2.34. The van der Waals surface area contributed by atoms with Crippen LogP contribution in [0.3, 0.4) is 0 Å². The van der Waals surface area contributed by atoms with Crippen molar-refractivity contribution in [3.8, 4) is 5.75 Å². The van der Waals surface area contributed by atoms with E-state index in [1.807, 2.05) is 18.2 Å². The molecule has 21 heavy (non-hydrogen) atoms. The Balaban J connectivity index is 2.33. The van der Waals surface area contributed by atoms with Crippen molar-refractivity contribution in [3.05, 3.63) is 29.3 Å². The predicted octanol–water partition coefficient (Wildman–Crippen LogP) is 4.21. The van der Waals surface area contributed by atoms with Gasteiger partial charge in [0.25, 0.3) is 0 Å². The topological polar surface area (TPSA) is 44.5 Å². The molecule has 0 aliphatic carbocycles. The summed E-state index contributed by atoms with van der Waals surface area (Å²) in [6, 6.07) is 5.71. The summed E-state index contributed by atoms with van der Waals surface area (Å²) in [4.78, 5) is 0.398. The fourth-order valence-electron chi connectivity index (χ4n) is 2.21. The van der Waals surface area contributed by atoms with E-state index in [9.17, 15) is 0 Å². The summed E-state index contributed by atoms with van der Waals surface area (Å²) in [5.74, 6) is 0.818. The zero-order chi connectivity index (χ0) is 15.5. The van der Waals surface area contributed by atoms with E-state index in [2.05, 4.69) is 6.92 Å². The zero-order valence-corrected chi connectivity index (χ0v) is 14.0. The van der Waals surface area contributed by atoms with Crippen LogP contribution in [0, 0.1) is 0 Å². The van der Waals surface area contributed by atoms with Gasteiger partial charge in [-0.25, -0.2) is 0 Å². The second-order valence-electron chi connectivity index (χ2n) is 5.21. The number of nitrogens with two attached hydrogens (primary N) is 1. The van der Waals surface area contributed by atoms with E-state index < -0.39 is 0 Å². The summed E-state index contributed by atoms with van der Waals surface area (Å²) in [7, 11) is 1.66. The molecule has 3 nitrogen and oxygen atoms in total. The maximum Gasteiger partial charge on any atom is 0.124 e. The van der Waals surface area contributed by atoms with Crippen molar-refractivity contribution in [2.45, 2.75) is 52.1 Å². The van der Waals surface area contributed by atoms with Gasteiger partial charge in [0.05, 0.1) is 13.7 Å². The maximum absolute atomic E-state index is 5.74. The van der Waals surface area contributed by atoms with Gasteiger partial charge in [-0.05, 0) is 24.6 Å². The van der Waals surface area contributed by atoms with E-state index in [4.69, 9.17) is 27.4 Å². The third-order valence-electron chi connectivity index (χ3n) is 3.46. The van der Waals surface area contributed by atoms with Crippen LogP contribution in [0.1, 0.15) is 56.6 Å². The van der Waals surface area contributed by atoms with Crippen LogP contribution in [0.5, 0.6) is 5.75 Å². The molecule has 0 heterocycles. The summed E-state index contributed by atoms with van der Waals surface area (Å²) in [6.45, 7) is 3.55. The van der Waals surface area contributed by atoms with Crippen LogP contribution in [0.4, 0.5) is 0 Å². The molecule has 0 saturated heterocycles. The molecule has 0 aliphatic heterocycles. The van der Waals surface area contributed by atoms with Gasteiger partial charge in [0, 0.05) is 17.7 Å². The van der Waals surface area contributed by atoms with Crippen LogP contribution in [-0.4, -0.2) is 18.7 Å². The third kappa shape index (κ3) is 6.91. The van der Waals surface area contributed by atoms with E-state index in [0.29, 0.717) is 11.6 Å². The summed E-state index contributed by atoms with van der Waals surface area (Å²) in [6.07, 6.45) is 7.61. The van der Waals surface area contributed by atoms with Crippen molar-refractivity contribution in [3.63, 3.8) is 0 Å². The molecule has 0 bridgehead atoms. The highest BCUT2D eigenvalue weighted by Crippen LogP contribution is 2.21. The van der Waals surface area contributed by atoms with E-state index >= 15 is 0 Å². The first-order valence-corrected chi connectivity index (χ1v) is 8.14. The van der Waals surface area contributed by atoms with Gasteiger partial charge in [-0.2, -0.15) is 0 Å². The molecule has 0 unspecified atom stereocenters. The summed E-state index contributed by atoms with van der Waals surface area (Å²) in [5, 5.41) is 0. The van der Waals surface area contributed by atoms with Crippen molar-refractivity contribution in [2.75, 3.05) is 13.7 Å². The van der Waals surface area contributed by atoms with Crippen LogP contribution in [0.15, 0.2) is 18.2 Å². The first-order chi connectivity index (χ1) is 10.2. The first kappa shape index (κ1) is 17.9. The molecule has 2 N–H and O–H groups in total. The van der Waals surface area contributed by atoms with Gasteiger partial charge in [0.2, 0.25) is 0 Å². The summed E-state index contributed by atoms with van der Waals surface area (Å²) >= 11 is 5.00. The highest BCUT2D eigenvalue weighted by Gasteiger charge is 2.06. The van der Waals surface area contributed by atoms with E-state index in [0.717, 1.165) is 29.9 Å². The van der Waals surface area contributed by atoms with Crippen molar-refractivity contribution >= 4 is 17.2 Å². The Kier molecular flexibility index (Phi) is 9.02. The first-order valence-electron chi connectivity index (χ1n) is 7.73. The second kappa shape index (κ2) is 10.6. The van der Waals surface area contributed by atoms with Crippen molar-refractivity contribution in [1.82, 2.24) is 0 Å². The highest BCUT2D eigenvalue weighted by atomic mass is 32.1. The van der Waals surface area contributed by atoms with Crippen molar-refractivity contribution in [2.24, 2.45) is 5.73 Å². The molecule has 1 rings (SSSR count). The number of ether oxygens (including phenoxy) is 2. The quantitative estimate of drug-likeness (QED) is 0.491. The molecule has 0 aliphatic rings. The Labute approximate surface area is 133 Å². The fraction of sp³-hybridized carbons (Fsp3) is 0.588. The molecular formula is C17H27NO2S. The number of thiocarbonyl (C=S) groups is 1. The molecular weight excluding hydrogens is 282 g/mol. The highest BCUT2D eigenvalue weighted by molar-refractivity contribution is 7.80. The Morgan fingerprint density at radius 1 is 1.14 bits per heavy atom. The zero-order valence-electron chi connectivity index (χ0n) is 13.2. The lowest BCUT2D eigenvalue weighted by Crippen LogP contribution is -2.10. The van der Waals surface area contributed by atoms with Gasteiger partial charge < -0.3 is 15.2 Å². The Morgan fingerprint density at radius 3 is 2.52 bits per heavy atom. The lowest BCUT2D eigenvalue weighted by atomic mass is 10.1. The van der Waals surface area contributed by atoms with Gasteiger partial charge in [-0.15, -0.1) is 0 Å². The normalized spacial score (nSPS) is 10.6. The van der Waals surface area contributed by atoms with Gasteiger partial charge >= 0.3 is 0 Å². The molecule has 0 aromatic heterocycles. The Morgan fingerprint density at radius 2 is 1.86 bits per heavy atom. The van der Waals surface area contributed by atoms with E-state index in [1.165, 1.54) is 32.1 Å². The number of unbranched alkanes of at least 4 members (excludes halogenated alkanes) is 5. The molecule has 0 atom stereocenters. The smallest absolute Gasteiger partial charge is 0.124 e. The van der Waals surface area contributed by atoms with Gasteiger partial charge in [-0.3, -0.25) is 0 Å². The minimum absolute atomic E-state index is 0.398. The van der Waals surface area contributed by atoms with Crippen LogP contribution in [0.2, 0.25) is 0 Å². The van der Waals surface area contributed by atoms with Gasteiger partial charge in [0.15, 0.2) is 0 Å². The molecule has 1 aromatic rings. The minimum Gasteiger partial charge on any atom is -0.496 e. The third-order valence-corrected chi connectivity index (χ3v) is 3.70. The summed E-state index contributed by atoms with van der Waals surface area (Å²) < 4.78 is 11.1. The molecule has 1 aromatic carbocycles. The van der Waals surface area contributed by atoms with Crippen LogP contribution >= 0.6 is 12.2 Å². The number of hydrogen-bond acceptors (Lipinski definition) is 3. The van der Waals surface area contributed by atoms with Crippen LogP contribution in [-0.2, 0) is 11.3 Å². The molecule has 4 heteroatoms. The second-order valence-corrected chi connectivity index (χ2v) is 5.65. The largest absolute Gasteiger partial charge is 0.496 e. The number of methoxy groups -OCH3 is 1. The molecule has 118 valence electrons. The van der Waals surface area contributed by atoms with E-state index in [-0.39, 0.29) is 0 Å². The number of hydrogen-bond donors (Lipinski definition) is 1. The summed E-state index contributed by atoms with van der Waals surface area (Å²) in [5.41, 5.74) is 7.50. The van der Waals surface area contributed by atoms with Crippen LogP contribution in [0.25, 0.3) is 0 Å². The average Bonchev–Trinajstić information content (AvgIpc) is 2.49. The maximum atomic E-state index is 5.74. The van der Waals surface area contributed by atoms with Crippen molar-refractivity contribution in [1.29, 1.82) is 0 Å². The lowest BCUT2D eigenvalue weighted by molar-refractivity contribution is 0.115. The number of benzene rings is 1. The Hall–Kier alpha value is -1.13. The van der Waals surface area contributed by atoms with Gasteiger partial charge in [-0.1, -0.05) is 51.2 Å². The molecule has 0 spiro atoms. The molecule has 0 saturated carbocycles. The lowest BCUT2D eigenvalue weighted by Gasteiger charge is -2.11. The van der Waals surface area contributed by atoms with E-state index in [1.54, 1.807) is 7.11 Å². The standard InChI is InChI=1S/C17H27NO2S/c1-3-4-5-6-7-8-11-20-13-15-12-14(17(18)21)9-10-16(15)19-2/h9-10,12H,3-8,11,13H2,1-2H3,(H2,18,21). The van der Waals surface area contributed by atoms with Gasteiger partial charge in [0.1, 0.15) is 10.7 Å². The molecule has 0 amide bonds. The Bertz CT molecular complexity index is 435. The SMILES string of the molecule is CCCCCCCCOCc1cc(C(N)=S)ccc1OC. The molecule has 0 fully saturated rings. The van der Waals surface area contributed by atoms with Crippen LogP contribution < -0.4 is 10.5 Å². The minimum atomic E-state index is 0.398. The average molecular weight is 309 g/mol.